The van der Waals surface area contributed by atoms with Gasteiger partial charge in [-0.15, -0.1) is 0 Å². The fourth-order valence-electron chi connectivity index (χ4n) is 1.85. The third kappa shape index (κ3) is 5.33. The summed E-state index contributed by atoms with van der Waals surface area (Å²) in [5, 5.41) is 0. The molecule has 0 aromatic heterocycles. The van der Waals surface area contributed by atoms with Crippen LogP contribution >= 0.6 is 0 Å². The number of carbonyl (C=O) groups excluding carboxylic acids is 1. The van der Waals surface area contributed by atoms with Gasteiger partial charge in [-0.05, 0) is 33.4 Å². The topological polar surface area (TPSA) is 32.8 Å². The Kier molecular flexibility index (Phi) is 6.22. The lowest BCUT2D eigenvalue weighted by molar-refractivity contribution is -0.127. The Morgan fingerprint density at radius 1 is 1.35 bits per heavy atom. The van der Waals surface area contributed by atoms with Crippen LogP contribution < -0.4 is 0 Å². The largest absolute Gasteiger partial charge is 0.379 e. The molecular weight excluding hydrogens is 216 g/mol. The van der Waals surface area contributed by atoms with Gasteiger partial charge in [-0.2, -0.15) is 0 Å². The second kappa shape index (κ2) is 7.45. The molecule has 0 aromatic rings. The Morgan fingerprint density at radius 2 is 2.12 bits per heavy atom. The van der Waals surface area contributed by atoms with Gasteiger partial charge in [-0.3, -0.25) is 4.79 Å². The average Bonchev–Trinajstić information content (AvgIpc) is 2.55. The quantitative estimate of drug-likeness (QED) is 0.691. The Bertz CT molecular complexity index is 256. The first-order valence-electron chi connectivity index (χ1n) is 6.27. The molecule has 17 heavy (non-hydrogen) atoms. The Hall–Kier alpha value is -0.870. The molecule has 1 aliphatic rings. The highest BCUT2D eigenvalue weighted by Gasteiger charge is 2.19. The molecule has 0 aromatic carbocycles. The molecule has 4 nitrogen and oxygen atoms in total. The highest BCUT2D eigenvalue weighted by molar-refractivity contribution is 5.87. The van der Waals surface area contributed by atoms with E-state index >= 15 is 0 Å². The molecule has 98 valence electrons. The summed E-state index contributed by atoms with van der Waals surface area (Å²) < 4.78 is 5.49. The lowest BCUT2D eigenvalue weighted by Crippen LogP contribution is -2.38. The molecule has 1 heterocycles. The fourth-order valence-corrected chi connectivity index (χ4v) is 1.85. The van der Waals surface area contributed by atoms with E-state index in [-0.39, 0.29) is 11.9 Å². The molecular formula is C13H24N2O2. The minimum absolute atomic E-state index is 0.0716. The standard InChI is InChI=1S/C13H24N2O2/c1-14(2)9-6-8-13(16)15(3)12-7-4-5-10-17-11-12/h6,8,12H,4-5,7,9-11H2,1-3H3/b8-6+/t12-/m0/s1. The van der Waals surface area contributed by atoms with Crippen LogP contribution in [0, 0.1) is 0 Å². The minimum Gasteiger partial charge on any atom is -0.379 e. The van der Waals surface area contributed by atoms with Crippen molar-refractivity contribution in [1.82, 2.24) is 9.80 Å². The van der Waals surface area contributed by atoms with Crippen LogP contribution in [0.3, 0.4) is 0 Å². The number of amides is 1. The minimum atomic E-state index is 0.0716. The molecule has 0 saturated carbocycles. The summed E-state index contributed by atoms with van der Waals surface area (Å²) in [6, 6.07) is 0.231. The molecule has 0 aliphatic carbocycles. The summed E-state index contributed by atoms with van der Waals surface area (Å²) in [6.45, 7) is 2.29. The van der Waals surface area contributed by atoms with Crippen molar-refractivity contribution >= 4 is 5.91 Å². The summed E-state index contributed by atoms with van der Waals surface area (Å²) in [7, 11) is 5.83. The van der Waals surface area contributed by atoms with Gasteiger partial charge in [0.25, 0.3) is 0 Å². The summed E-state index contributed by atoms with van der Waals surface area (Å²) >= 11 is 0. The molecule has 1 aliphatic heterocycles. The molecule has 0 unspecified atom stereocenters. The third-order valence-corrected chi connectivity index (χ3v) is 3.01. The third-order valence-electron chi connectivity index (χ3n) is 3.01. The molecule has 0 spiro atoms. The van der Waals surface area contributed by atoms with E-state index in [1.807, 2.05) is 32.1 Å². The Labute approximate surface area is 104 Å². The molecule has 1 rings (SSSR count). The van der Waals surface area contributed by atoms with E-state index in [2.05, 4.69) is 0 Å². The first-order chi connectivity index (χ1) is 8.11. The van der Waals surface area contributed by atoms with Gasteiger partial charge in [0.1, 0.15) is 0 Å². The molecule has 1 fully saturated rings. The number of hydrogen-bond donors (Lipinski definition) is 0. The molecule has 0 radical (unpaired) electrons. The van der Waals surface area contributed by atoms with E-state index in [0.717, 1.165) is 32.4 Å². The van der Waals surface area contributed by atoms with Gasteiger partial charge in [-0.25, -0.2) is 0 Å². The first-order valence-corrected chi connectivity index (χ1v) is 6.27. The van der Waals surface area contributed by atoms with Crippen molar-refractivity contribution in [2.24, 2.45) is 0 Å². The summed E-state index contributed by atoms with van der Waals surface area (Å²) in [4.78, 5) is 15.7. The van der Waals surface area contributed by atoms with Crippen molar-refractivity contribution in [1.29, 1.82) is 0 Å². The Morgan fingerprint density at radius 3 is 2.82 bits per heavy atom. The maximum Gasteiger partial charge on any atom is 0.246 e. The number of ether oxygens (including phenoxy) is 1. The first kappa shape index (κ1) is 14.2. The number of rotatable bonds is 4. The monoisotopic (exact) mass is 240 g/mol. The normalized spacial score (nSPS) is 21.8. The number of likely N-dealkylation sites (N-methyl/N-ethyl adjacent to an activating group) is 2. The van der Waals surface area contributed by atoms with Crippen LogP contribution in [0.1, 0.15) is 19.3 Å². The van der Waals surface area contributed by atoms with Crippen LogP contribution in [0.2, 0.25) is 0 Å². The molecule has 1 saturated heterocycles. The van der Waals surface area contributed by atoms with Crippen LogP contribution in [0.4, 0.5) is 0 Å². The van der Waals surface area contributed by atoms with Crippen LogP contribution in [-0.2, 0) is 9.53 Å². The van der Waals surface area contributed by atoms with Crippen LogP contribution in [-0.4, -0.2) is 62.7 Å². The van der Waals surface area contributed by atoms with Gasteiger partial charge < -0.3 is 14.5 Å². The van der Waals surface area contributed by atoms with Gasteiger partial charge in [-0.1, -0.05) is 6.08 Å². The molecule has 1 amide bonds. The fraction of sp³-hybridized carbons (Fsp3) is 0.769. The maximum absolute atomic E-state index is 11.9. The number of nitrogens with zero attached hydrogens (tertiary/aromatic N) is 2. The predicted octanol–water partition coefficient (Wildman–Crippen LogP) is 1.13. The zero-order chi connectivity index (χ0) is 12.7. The van der Waals surface area contributed by atoms with Gasteiger partial charge in [0.2, 0.25) is 5.91 Å². The number of hydrogen-bond acceptors (Lipinski definition) is 3. The van der Waals surface area contributed by atoms with E-state index in [1.54, 1.807) is 11.0 Å². The van der Waals surface area contributed by atoms with Crippen molar-refractivity contribution in [2.75, 3.05) is 40.9 Å². The smallest absolute Gasteiger partial charge is 0.246 e. The Balaban J connectivity index is 2.41. The maximum atomic E-state index is 11.9. The molecule has 4 heteroatoms. The van der Waals surface area contributed by atoms with Gasteiger partial charge in [0.15, 0.2) is 0 Å². The summed E-state index contributed by atoms with van der Waals surface area (Å²) in [6.07, 6.45) is 6.85. The van der Waals surface area contributed by atoms with E-state index in [1.165, 1.54) is 0 Å². The van der Waals surface area contributed by atoms with Crippen molar-refractivity contribution in [3.8, 4) is 0 Å². The highest BCUT2D eigenvalue weighted by Crippen LogP contribution is 2.12. The highest BCUT2D eigenvalue weighted by atomic mass is 16.5. The predicted molar refractivity (Wildman–Crippen MR) is 68.9 cm³/mol. The van der Waals surface area contributed by atoms with E-state index in [4.69, 9.17) is 4.74 Å². The summed E-state index contributed by atoms with van der Waals surface area (Å²) in [5.74, 6) is 0.0716. The van der Waals surface area contributed by atoms with E-state index < -0.39 is 0 Å². The van der Waals surface area contributed by atoms with Crippen molar-refractivity contribution < 1.29 is 9.53 Å². The van der Waals surface area contributed by atoms with Crippen LogP contribution in [0.5, 0.6) is 0 Å². The lowest BCUT2D eigenvalue weighted by Gasteiger charge is -2.25. The second-order valence-electron chi connectivity index (χ2n) is 4.84. The number of carbonyl (C=O) groups is 1. The van der Waals surface area contributed by atoms with Gasteiger partial charge in [0.05, 0.1) is 12.6 Å². The van der Waals surface area contributed by atoms with Crippen molar-refractivity contribution in [3.63, 3.8) is 0 Å². The van der Waals surface area contributed by atoms with Gasteiger partial charge >= 0.3 is 0 Å². The van der Waals surface area contributed by atoms with Crippen LogP contribution in [0.25, 0.3) is 0 Å². The zero-order valence-electron chi connectivity index (χ0n) is 11.2. The summed E-state index contributed by atoms with van der Waals surface area (Å²) in [5.41, 5.74) is 0. The van der Waals surface area contributed by atoms with Crippen LogP contribution in [0.15, 0.2) is 12.2 Å². The molecule has 1 atom stereocenters. The van der Waals surface area contributed by atoms with Crippen molar-refractivity contribution in [3.05, 3.63) is 12.2 Å². The van der Waals surface area contributed by atoms with Gasteiger partial charge in [0, 0.05) is 26.3 Å². The van der Waals surface area contributed by atoms with E-state index in [9.17, 15) is 4.79 Å². The molecule has 0 N–H and O–H groups in total. The second-order valence-corrected chi connectivity index (χ2v) is 4.84. The molecule has 0 bridgehead atoms. The lowest BCUT2D eigenvalue weighted by atomic mass is 10.1. The average molecular weight is 240 g/mol. The SMILES string of the molecule is CN(C)C/C=C/C(=O)N(C)[C@H]1CCCCOC1. The zero-order valence-corrected chi connectivity index (χ0v) is 11.2. The van der Waals surface area contributed by atoms with Crippen molar-refractivity contribution in [2.45, 2.75) is 25.3 Å². The van der Waals surface area contributed by atoms with E-state index in [0.29, 0.717) is 6.61 Å².